The van der Waals surface area contributed by atoms with Crippen LogP contribution in [-0.4, -0.2) is 44.2 Å². The molecule has 23 heavy (non-hydrogen) atoms. The summed E-state index contributed by atoms with van der Waals surface area (Å²) in [6.45, 7) is 5.89. The number of hydrogen-bond acceptors (Lipinski definition) is 2. The van der Waals surface area contributed by atoms with Crippen molar-refractivity contribution in [1.82, 2.24) is 10.2 Å². The van der Waals surface area contributed by atoms with Gasteiger partial charge in [0, 0.05) is 32.7 Å². The first-order valence-corrected chi connectivity index (χ1v) is 8.40. The van der Waals surface area contributed by atoms with Gasteiger partial charge in [0.1, 0.15) is 5.82 Å². The van der Waals surface area contributed by atoms with Crippen LogP contribution in [0, 0.1) is 11.7 Å². The van der Waals surface area contributed by atoms with Crippen molar-refractivity contribution in [1.29, 1.82) is 0 Å². The van der Waals surface area contributed by atoms with Gasteiger partial charge in [0.05, 0.1) is 17.6 Å². The van der Waals surface area contributed by atoms with Crippen molar-refractivity contribution in [3.8, 4) is 0 Å². The normalized spacial score (nSPS) is 17.7. The molecule has 0 saturated carbocycles. The lowest BCUT2D eigenvalue weighted by Crippen LogP contribution is -2.41. The van der Waals surface area contributed by atoms with Crippen LogP contribution in [0.25, 0.3) is 0 Å². The molecule has 0 amide bonds. The first kappa shape index (κ1) is 20.6. The summed E-state index contributed by atoms with van der Waals surface area (Å²) in [5, 5.41) is 3.28. The maximum atomic E-state index is 13.5. The van der Waals surface area contributed by atoms with Crippen LogP contribution in [-0.2, 0) is 11.3 Å². The van der Waals surface area contributed by atoms with E-state index in [4.69, 9.17) is 4.74 Å². The molecule has 1 N–H and O–H groups in total. The molecule has 0 radical (unpaired) electrons. The number of benzene rings is 1. The van der Waals surface area contributed by atoms with Crippen molar-refractivity contribution in [2.24, 2.45) is 10.9 Å². The number of ether oxygens (including phenoxy) is 1. The minimum Gasteiger partial charge on any atom is -0.381 e. The second-order valence-corrected chi connectivity index (χ2v) is 6.38. The molecule has 0 spiro atoms. The quantitative estimate of drug-likeness (QED) is 0.382. The average molecular weight is 500 g/mol. The molecule has 1 aromatic rings. The second-order valence-electron chi connectivity index (χ2n) is 5.53. The van der Waals surface area contributed by atoms with E-state index in [2.05, 4.69) is 31.1 Å². The Balaban J connectivity index is 0.00000264. The lowest BCUT2D eigenvalue weighted by Gasteiger charge is -2.24. The molecule has 1 fully saturated rings. The van der Waals surface area contributed by atoms with E-state index >= 15 is 0 Å². The Morgan fingerprint density at radius 2 is 2.30 bits per heavy atom. The van der Waals surface area contributed by atoms with Gasteiger partial charge in [-0.05, 0) is 47.0 Å². The van der Waals surface area contributed by atoms with Gasteiger partial charge in [0.15, 0.2) is 5.96 Å². The van der Waals surface area contributed by atoms with Crippen LogP contribution < -0.4 is 5.32 Å². The van der Waals surface area contributed by atoms with Gasteiger partial charge in [-0.15, -0.1) is 24.0 Å². The van der Waals surface area contributed by atoms with Crippen molar-refractivity contribution in [3.63, 3.8) is 0 Å². The molecule has 1 unspecified atom stereocenters. The first-order chi connectivity index (χ1) is 10.6. The number of guanidine groups is 1. The molecule has 0 bridgehead atoms. The summed E-state index contributed by atoms with van der Waals surface area (Å²) in [7, 11) is 2.03. The topological polar surface area (TPSA) is 36.9 Å². The molecule has 7 heteroatoms. The summed E-state index contributed by atoms with van der Waals surface area (Å²) < 4.78 is 19.4. The molecular weight excluding hydrogens is 476 g/mol. The number of aliphatic imine (C=N–C) groups is 1. The third kappa shape index (κ3) is 6.54. The van der Waals surface area contributed by atoms with Crippen LogP contribution in [0.2, 0.25) is 0 Å². The van der Waals surface area contributed by atoms with E-state index < -0.39 is 0 Å². The van der Waals surface area contributed by atoms with Gasteiger partial charge in [-0.25, -0.2) is 9.38 Å². The van der Waals surface area contributed by atoms with Gasteiger partial charge in [-0.2, -0.15) is 0 Å². The smallest absolute Gasteiger partial charge is 0.193 e. The fourth-order valence-electron chi connectivity index (χ4n) is 2.47. The zero-order valence-electron chi connectivity index (χ0n) is 13.5. The molecule has 0 aromatic heterocycles. The van der Waals surface area contributed by atoms with Crippen LogP contribution >= 0.6 is 39.9 Å². The maximum absolute atomic E-state index is 13.5. The van der Waals surface area contributed by atoms with Crippen LogP contribution in [0.4, 0.5) is 4.39 Å². The summed E-state index contributed by atoms with van der Waals surface area (Å²) in [5.74, 6) is 1.14. The summed E-state index contributed by atoms with van der Waals surface area (Å²) in [5.41, 5.74) is 0.855. The molecule has 4 nitrogen and oxygen atoms in total. The lowest BCUT2D eigenvalue weighted by molar-refractivity contribution is 0.181. The highest BCUT2D eigenvalue weighted by Crippen LogP contribution is 2.17. The minimum atomic E-state index is -0.255. The molecule has 1 saturated heterocycles. The summed E-state index contributed by atoms with van der Waals surface area (Å²) in [4.78, 5) is 6.73. The molecule has 130 valence electrons. The van der Waals surface area contributed by atoms with Gasteiger partial charge < -0.3 is 15.0 Å². The van der Waals surface area contributed by atoms with Crippen molar-refractivity contribution >= 4 is 45.9 Å². The molecule has 1 aliphatic rings. The third-order valence-corrected chi connectivity index (χ3v) is 4.29. The van der Waals surface area contributed by atoms with Crippen LogP contribution in [0.3, 0.4) is 0 Å². The van der Waals surface area contributed by atoms with Crippen molar-refractivity contribution in [3.05, 3.63) is 34.1 Å². The van der Waals surface area contributed by atoms with Crippen LogP contribution in [0.5, 0.6) is 0 Å². The summed E-state index contributed by atoms with van der Waals surface area (Å²) in [6.07, 6.45) is 1.10. The summed E-state index contributed by atoms with van der Waals surface area (Å²) >= 11 is 3.16. The number of rotatable bonds is 5. The van der Waals surface area contributed by atoms with Crippen molar-refractivity contribution in [2.45, 2.75) is 19.9 Å². The monoisotopic (exact) mass is 499 g/mol. The molecule has 1 heterocycles. The Morgan fingerprint density at radius 3 is 2.91 bits per heavy atom. The summed E-state index contributed by atoms with van der Waals surface area (Å²) in [6, 6.07) is 5.11. The van der Waals surface area contributed by atoms with E-state index in [-0.39, 0.29) is 29.8 Å². The fourth-order valence-corrected chi connectivity index (χ4v) is 2.72. The van der Waals surface area contributed by atoms with E-state index in [1.807, 2.05) is 20.0 Å². The van der Waals surface area contributed by atoms with E-state index in [1.165, 1.54) is 6.07 Å². The molecule has 0 aliphatic carbocycles. The average Bonchev–Trinajstić information content (AvgIpc) is 2.99. The van der Waals surface area contributed by atoms with Gasteiger partial charge in [-0.1, -0.05) is 6.07 Å². The van der Waals surface area contributed by atoms with Crippen molar-refractivity contribution in [2.75, 3.05) is 33.4 Å². The largest absolute Gasteiger partial charge is 0.381 e. The van der Waals surface area contributed by atoms with Crippen LogP contribution in [0.1, 0.15) is 18.9 Å². The number of halogens is 3. The lowest BCUT2D eigenvalue weighted by atomic mass is 10.1. The third-order valence-electron chi connectivity index (χ3n) is 3.65. The molecule has 1 aliphatic heterocycles. The highest BCUT2D eigenvalue weighted by atomic mass is 127. The van der Waals surface area contributed by atoms with E-state index in [1.54, 1.807) is 6.07 Å². The maximum Gasteiger partial charge on any atom is 0.193 e. The Hall–Kier alpha value is -0.410. The number of nitrogens with zero attached hydrogens (tertiary/aromatic N) is 2. The van der Waals surface area contributed by atoms with E-state index in [0.717, 1.165) is 44.2 Å². The molecule has 1 aromatic carbocycles. The van der Waals surface area contributed by atoms with E-state index in [0.29, 0.717) is 16.9 Å². The Kier molecular flexibility index (Phi) is 9.38. The predicted molar refractivity (Wildman–Crippen MR) is 106 cm³/mol. The predicted octanol–water partition coefficient (Wildman–Crippen LogP) is 3.64. The molecule has 1 atom stereocenters. The van der Waals surface area contributed by atoms with Gasteiger partial charge in [-0.3, -0.25) is 0 Å². The van der Waals surface area contributed by atoms with Crippen molar-refractivity contribution < 1.29 is 9.13 Å². The first-order valence-electron chi connectivity index (χ1n) is 7.61. The zero-order valence-corrected chi connectivity index (χ0v) is 17.4. The fraction of sp³-hybridized carbons (Fsp3) is 0.562. The van der Waals surface area contributed by atoms with Crippen LogP contribution in [0.15, 0.2) is 27.7 Å². The Bertz CT molecular complexity index is 524. The van der Waals surface area contributed by atoms with Gasteiger partial charge >= 0.3 is 0 Å². The Labute approximate surface area is 163 Å². The highest BCUT2D eigenvalue weighted by Gasteiger charge is 2.19. The SMILES string of the molecule is CCNC(=NCc1ccc(Br)c(F)c1)N(C)CC1CCOC1.I. The highest BCUT2D eigenvalue weighted by molar-refractivity contribution is 14.0. The van der Waals surface area contributed by atoms with Gasteiger partial charge in [0.2, 0.25) is 0 Å². The minimum absolute atomic E-state index is 0. The standard InChI is InChI=1S/C16H23BrFN3O.HI/c1-3-19-16(21(2)10-13-6-7-22-11-13)20-9-12-4-5-14(17)15(18)8-12;/h4-5,8,13H,3,6-7,9-11H2,1-2H3,(H,19,20);1H. The number of nitrogens with one attached hydrogen (secondary N) is 1. The van der Waals surface area contributed by atoms with Gasteiger partial charge in [0.25, 0.3) is 0 Å². The number of hydrogen-bond donors (Lipinski definition) is 1. The van der Waals surface area contributed by atoms with E-state index in [9.17, 15) is 4.39 Å². The Morgan fingerprint density at radius 1 is 1.52 bits per heavy atom. The molecular formula is C16H24BrFIN3O. The molecule has 2 rings (SSSR count). The second kappa shape index (κ2) is 10.5. The zero-order chi connectivity index (χ0) is 15.9.